The lowest BCUT2D eigenvalue weighted by atomic mass is 9.92. The number of aliphatic carboxylic acids is 1. The summed E-state index contributed by atoms with van der Waals surface area (Å²) in [5.41, 5.74) is 1.86. The lowest BCUT2D eigenvalue weighted by Gasteiger charge is -2.36. The zero-order valence-electron chi connectivity index (χ0n) is 18.9. The van der Waals surface area contributed by atoms with Crippen molar-refractivity contribution in [1.82, 2.24) is 0 Å². The maximum atomic E-state index is 12.5. The average Bonchev–Trinajstić information content (AvgIpc) is 2.67. The van der Waals surface area contributed by atoms with Gasteiger partial charge in [-0.1, -0.05) is 13.0 Å². The molecule has 0 radical (unpaired) electrons. The molecule has 2 N–H and O–H groups in total. The van der Waals surface area contributed by atoms with E-state index < -0.39 is 17.7 Å². The molecule has 168 valence electrons. The Bertz CT molecular complexity index is 723. The number of nitrogens with one attached hydrogen (secondary N) is 1. The molecule has 0 aliphatic carbocycles. The topological polar surface area (TPSA) is 88.1 Å². The summed E-state index contributed by atoms with van der Waals surface area (Å²) in [6, 6.07) is 6.20. The summed E-state index contributed by atoms with van der Waals surface area (Å²) in [4.78, 5) is 26.1. The van der Waals surface area contributed by atoms with Crippen LogP contribution in [0.4, 0.5) is 16.2 Å². The third-order valence-corrected chi connectivity index (χ3v) is 5.32. The Morgan fingerprint density at radius 2 is 1.93 bits per heavy atom. The molecule has 1 aliphatic rings. The van der Waals surface area contributed by atoms with E-state index in [-0.39, 0.29) is 12.3 Å². The summed E-state index contributed by atoms with van der Waals surface area (Å²) in [7, 11) is 0. The summed E-state index contributed by atoms with van der Waals surface area (Å²) in [6.07, 6.45) is 2.10. The average molecular weight is 421 g/mol. The minimum Gasteiger partial charge on any atom is -0.481 e. The molecular weight excluding hydrogens is 384 g/mol. The molecule has 1 aromatic rings. The molecule has 1 saturated heterocycles. The highest BCUT2D eigenvalue weighted by atomic mass is 16.6. The van der Waals surface area contributed by atoms with Crippen molar-refractivity contribution in [2.45, 2.75) is 77.9 Å². The smallest absolute Gasteiger partial charge is 0.412 e. The number of carbonyl (C=O) groups is 2. The van der Waals surface area contributed by atoms with Gasteiger partial charge in [0, 0.05) is 25.8 Å². The van der Waals surface area contributed by atoms with Gasteiger partial charge in [0.15, 0.2) is 0 Å². The Hall–Kier alpha value is -2.28. The van der Waals surface area contributed by atoms with Gasteiger partial charge < -0.3 is 19.5 Å². The normalized spacial score (nSPS) is 16.0. The summed E-state index contributed by atoms with van der Waals surface area (Å²) >= 11 is 0. The third-order valence-electron chi connectivity index (χ3n) is 5.32. The van der Waals surface area contributed by atoms with Gasteiger partial charge in [-0.25, -0.2) is 4.79 Å². The lowest BCUT2D eigenvalue weighted by Crippen LogP contribution is -2.40. The van der Waals surface area contributed by atoms with Crippen LogP contribution in [0.3, 0.4) is 0 Å². The van der Waals surface area contributed by atoms with Crippen LogP contribution in [0.15, 0.2) is 18.2 Å². The predicted molar refractivity (Wildman–Crippen MR) is 118 cm³/mol. The molecule has 0 saturated carbocycles. The summed E-state index contributed by atoms with van der Waals surface area (Å²) < 4.78 is 11.0. The minimum atomic E-state index is -0.829. The Morgan fingerprint density at radius 1 is 1.27 bits per heavy atom. The van der Waals surface area contributed by atoms with Crippen LogP contribution < -0.4 is 10.2 Å². The van der Waals surface area contributed by atoms with Gasteiger partial charge >= 0.3 is 12.1 Å². The number of carboxylic acid groups (broad SMARTS) is 1. The molecule has 1 unspecified atom stereocenters. The van der Waals surface area contributed by atoms with Gasteiger partial charge in [0.1, 0.15) is 5.60 Å². The van der Waals surface area contributed by atoms with Crippen LogP contribution in [-0.4, -0.2) is 48.6 Å². The van der Waals surface area contributed by atoms with Gasteiger partial charge in [0.2, 0.25) is 0 Å². The molecule has 0 spiro atoms. The van der Waals surface area contributed by atoms with Gasteiger partial charge in [0.05, 0.1) is 17.8 Å². The largest absolute Gasteiger partial charge is 0.481 e. The van der Waals surface area contributed by atoms with Gasteiger partial charge in [0.25, 0.3) is 0 Å². The highest BCUT2D eigenvalue weighted by molar-refractivity contribution is 5.90. The van der Waals surface area contributed by atoms with E-state index >= 15 is 0 Å². The molecule has 1 aromatic carbocycles. The van der Waals surface area contributed by atoms with Crippen LogP contribution >= 0.6 is 0 Å². The zero-order valence-corrected chi connectivity index (χ0v) is 18.9. The van der Waals surface area contributed by atoms with E-state index in [9.17, 15) is 14.7 Å². The number of carboxylic acids is 1. The summed E-state index contributed by atoms with van der Waals surface area (Å²) in [5.74, 6) is -0.945. The molecule has 30 heavy (non-hydrogen) atoms. The lowest BCUT2D eigenvalue weighted by molar-refractivity contribution is -0.137. The Balaban J connectivity index is 2.40. The summed E-state index contributed by atoms with van der Waals surface area (Å²) in [5, 5.41) is 12.2. The fraction of sp³-hybridized carbons (Fsp3) is 0.652. The first kappa shape index (κ1) is 24.0. The molecular formula is C23H36N2O5. The molecule has 0 bridgehead atoms. The van der Waals surface area contributed by atoms with E-state index in [1.54, 1.807) is 0 Å². The number of carbonyl (C=O) groups excluding carboxylic acids is 1. The second kappa shape index (κ2) is 10.7. The number of ether oxygens (including phenoxy) is 2. The van der Waals surface area contributed by atoms with E-state index in [1.165, 1.54) is 0 Å². The van der Waals surface area contributed by atoms with Crippen molar-refractivity contribution in [2.24, 2.45) is 0 Å². The number of anilines is 2. The number of nitrogens with zero attached hydrogens (tertiary/aromatic N) is 1. The van der Waals surface area contributed by atoms with E-state index in [0.29, 0.717) is 18.2 Å². The van der Waals surface area contributed by atoms with E-state index in [0.717, 1.165) is 43.9 Å². The Kier molecular flexibility index (Phi) is 8.53. The molecule has 2 rings (SSSR count). The van der Waals surface area contributed by atoms with Crippen LogP contribution in [0, 0.1) is 0 Å². The number of benzene rings is 1. The highest BCUT2D eigenvalue weighted by Gasteiger charge is 2.25. The van der Waals surface area contributed by atoms with Crippen molar-refractivity contribution >= 4 is 23.4 Å². The first-order chi connectivity index (χ1) is 14.1. The fourth-order valence-corrected chi connectivity index (χ4v) is 3.90. The molecule has 7 nitrogen and oxygen atoms in total. The van der Waals surface area contributed by atoms with Crippen molar-refractivity contribution < 1.29 is 24.2 Å². The minimum absolute atomic E-state index is 0.0547. The number of amides is 1. The van der Waals surface area contributed by atoms with Crippen molar-refractivity contribution in [3.63, 3.8) is 0 Å². The second-order valence-electron chi connectivity index (χ2n) is 8.74. The molecule has 1 amide bonds. The second-order valence-corrected chi connectivity index (χ2v) is 8.74. The van der Waals surface area contributed by atoms with Crippen LogP contribution in [0.2, 0.25) is 0 Å². The Labute approximate surface area is 179 Å². The fourth-order valence-electron chi connectivity index (χ4n) is 3.90. The molecule has 7 heteroatoms. The monoisotopic (exact) mass is 420 g/mol. The zero-order chi connectivity index (χ0) is 22.3. The van der Waals surface area contributed by atoms with Crippen LogP contribution in [0.5, 0.6) is 0 Å². The standard InChI is InChI=1S/C23H36N2O5/c1-6-16(15-21(26)27)17-8-9-20(25(7-2)18-10-12-29-13-11-18)19(14-17)24-22(28)30-23(3,4)5/h8-9,14,16,18H,6-7,10-13,15H2,1-5H3,(H,24,28)(H,26,27). The molecule has 1 atom stereocenters. The molecule has 1 aliphatic heterocycles. The van der Waals surface area contributed by atoms with Crippen LogP contribution in [-0.2, 0) is 14.3 Å². The van der Waals surface area contributed by atoms with E-state index in [2.05, 4.69) is 17.1 Å². The quantitative estimate of drug-likeness (QED) is 0.615. The maximum absolute atomic E-state index is 12.5. The first-order valence-electron chi connectivity index (χ1n) is 10.8. The van der Waals surface area contributed by atoms with Crippen molar-refractivity contribution in [3.8, 4) is 0 Å². The highest BCUT2D eigenvalue weighted by Crippen LogP contribution is 2.35. The van der Waals surface area contributed by atoms with Gasteiger partial charge in [-0.3, -0.25) is 10.1 Å². The maximum Gasteiger partial charge on any atom is 0.412 e. The van der Waals surface area contributed by atoms with Gasteiger partial charge in [-0.15, -0.1) is 0 Å². The molecule has 1 fully saturated rings. The number of hydrogen-bond donors (Lipinski definition) is 2. The predicted octanol–water partition coefficient (Wildman–Crippen LogP) is 5.01. The van der Waals surface area contributed by atoms with Gasteiger partial charge in [-0.05, 0) is 70.6 Å². The van der Waals surface area contributed by atoms with Gasteiger partial charge in [-0.2, -0.15) is 0 Å². The molecule has 0 aromatic heterocycles. The van der Waals surface area contributed by atoms with Crippen molar-refractivity contribution in [3.05, 3.63) is 23.8 Å². The van der Waals surface area contributed by atoms with E-state index in [4.69, 9.17) is 9.47 Å². The first-order valence-corrected chi connectivity index (χ1v) is 10.8. The van der Waals surface area contributed by atoms with Crippen molar-refractivity contribution in [1.29, 1.82) is 0 Å². The van der Waals surface area contributed by atoms with Crippen LogP contribution in [0.1, 0.15) is 71.8 Å². The van der Waals surface area contributed by atoms with Crippen LogP contribution in [0.25, 0.3) is 0 Å². The Morgan fingerprint density at radius 3 is 2.47 bits per heavy atom. The third kappa shape index (κ3) is 6.90. The summed E-state index contributed by atoms with van der Waals surface area (Å²) in [6.45, 7) is 11.8. The SMILES string of the molecule is CCC(CC(=O)O)c1ccc(N(CC)C2CCOCC2)c(NC(=O)OC(C)(C)C)c1. The van der Waals surface area contributed by atoms with Crippen molar-refractivity contribution in [2.75, 3.05) is 30.0 Å². The number of rotatable bonds is 8. The van der Waals surface area contributed by atoms with E-state index in [1.807, 2.05) is 45.9 Å². The number of hydrogen-bond acceptors (Lipinski definition) is 5. The molecule has 1 heterocycles.